The molecule has 1 aliphatic rings. The van der Waals surface area contributed by atoms with Gasteiger partial charge in [0.05, 0.1) is 5.25 Å². The molecule has 1 aromatic carbocycles. The molecule has 1 aliphatic heterocycles. The Hall–Kier alpha value is -1.00. The second kappa shape index (κ2) is 7.70. The van der Waals surface area contributed by atoms with E-state index in [-0.39, 0.29) is 17.2 Å². The zero-order valence-corrected chi connectivity index (χ0v) is 13.1. The zero-order chi connectivity index (χ0) is 14.4. The fourth-order valence-corrected chi connectivity index (χ4v) is 3.43. The largest absolute Gasteiger partial charge is 0.351 e. The topological polar surface area (TPSA) is 41.1 Å². The fourth-order valence-electron chi connectivity index (χ4n) is 2.44. The maximum absolute atomic E-state index is 12.4. The summed E-state index contributed by atoms with van der Waals surface area (Å²) < 4.78 is 0. The number of hydrogen-bond acceptors (Lipinski definition) is 3. The van der Waals surface area contributed by atoms with Crippen LogP contribution in [0.3, 0.4) is 0 Å². The second-order valence-corrected chi connectivity index (χ2v) is 6.69. The van der Waals surface area contributed by atoms with E-state index in [0.29, 0.717) is 5.92 Å². The van der Waals surface area contributed by atoms with Crippen LogP contribution in [0.1, 0.15) is 26.7 Å². The van der Waals surface area contributed by atoms with E-state index < -0.39 is 0 Å². The average molecular weight is 292 g/mol. The molecule has 0 aromatic heterocycles. The Labute approximate surface area is 125 Å². The van der Waals surface area contributed by atoms with Gasteiger partial charge in [-0.2, -0.15) is 0 Å². The third-order valence-corrected chi connectivity index (χ3v) is 5.22. The lowest BCUT2D eigenvalue weighted by molar-refractivity contribution is -0.121. The number of amides is 1. The van der Waals surface area contributed by atoms with Crippen LogP contribution in [0.15, 0.2) is 35.2 Å². The van der Waals surface area contributed by atoms with E-state index in [9.17, 15) is 4.79 Å². The highest BCUT2D eigenvalue weighted by Crippen LogP contribution is 2.25. The molecule has 0 saturated carbocycles. The normalized spacial score (nSPS) is 24.1. The lowest BCUT2D eigenvalue weighted by atomic mass is 9.94. The van der Waals surface area contributed by atoms with Crippen molar-refractivity contribution in [1.29, 1.82) is 0 Å². The molecule has 20 heavy (non-hydrogen) atoms. The molecule has 1 heterocycles. The SMILES string of the molecule is CCC(Sc1ccccc1)C(=O)NC1CNCCC1C. The summed E-state index contributed by atoms with van der Waals surface area (Å²) in [6.45, 7) is 6.24. The van der Waals surface area contributed by atoms with Gasteiger partial charge in [0, 0.05) is 17.5 Å². The van der Waals surface area contributed by atoms with Gasteiger partial charge in [-0.25, -0.2) is 0 Å². The summed E-state index contributed by atoms with van der Waals surface area (Å²) in [6.07, 6.45) is 1.98. The van der Waals surface area contributed by atoms with Crippen LogP contribution in [0, 0.1) is 5.92 Å². The van der Waals surface area contributed by atoms with Gasteiger partial charge in [-0.05, 0) is 37.4 Å². The number of hydrogen-bond donors (Lipinski definition) is 2. The standard InChI is InChI=1S/C16H24N2OS/c1-3-15(20-13-7-5-4-6-8-13)16(19)18-14-11-17-10-9-12(14)2/h4-8,12,14-15,17H,3,9-11H2,1-2H3,(H,18,19). The number of rotatable bonds is 5. The first-order chi connectivity index (χ1) is 9.70. The number of carbonyl (C=O) groups excluding carboxylic acids is 1. The highest BCUT2D eigenvalue weighted by atomic mass is 32.2. The molecule has 1 aromatic rings. The summed E-state index contributed by atoms with van der Waals surface area (Å²) >= 11 is 1.65. The Balaban J connectivity index is 1.91. The van der Waals surface area contributed by atoms with E-state index >= 15 is 0 Å². The number of carbonyl (C=O) groups is 1. The first-order valence-corrected chi connectivity index (χ1v) is 8.31. The predicted octanol–water partition coefficient (Wildman–Crippen LogP) is 2.67. The van der Waals surface area contributed by atoms with Gasteiger partial charge in [0.2, 0.25) is 5.91 Å². The van der Waals surface area contributed by atoms with Gasteiger partial charge in [0.1, 0.15) is 0 Å². The third-order valence-electron chi connectivity index (χ3n) is 3.84. The summed E-state index contributed by atoms with van der Waals surface area (Å²) in [6, 6.07) is 10.4. The Kier molecular flexibility index (Phi) is 5.92. The minimum Gasteiger partial charge on any atom is -0.351 e. The Bertz CT molecular complexity index is 424. The van der Waals surface area contributed by atoms with E-state index in [2.05, 4.69) is 36.6 Å². The van der Waals surface area contributed by atoms with Crippen LogP contribution >= 0.6 is 11.8 Å². The Morgan fingerprint density at radius 1 is 1.45 bits per heavy atom. The lowest BCUT2D eigenvalue weighted by Crippen LogP contribution is -2.52. The maximum Gasteiger partial charge on any atom is 0.233 e. The van der Waals surface area contributed by atoms with Crippen molar-refractivity contribution in [2.24, 2.45) is 5.92 Å². The molecule has 1 saturated heterocycles. The number of benzene rings is 1. The minimum atomic E-state index is -0.00785. The highest BCUT2D eigenvalue weighted by Gasteiger charge is 2.26. The van der Waals surface area contributed by atoms with Crippen molar-refractivity contribution in [3.63, 3.8) is 0 Å². The molecule has 0 aliphatic carbocycles. The average Bonchev–Trinajstić information content (AvgIpc) is 2.48. The van der Waals surface area contributed by atoms with E-state index in [1.165, 1.54) is 0 Å². The molecule has 3 unspecified atom stereocenters. The molecule has 2 rings (SSSR count). The first-order valence-electron chi connectivity index (χ1n) is 7.43. The summed E-state index contributed by atoms with van der Waals surface area (Å²) in [5.74, 6) is 0.723. The van der Waals surface area contributed by atoms with Crippen molar-refractivity contribution in [3.8, 4) is 0 Å². The summed E-state index contributed by atoms with van der Waals surface area (Å²) in [4.78, 5) is 13.6. The van der Waals surface area contributed by atoms with Crippen molar-refractivity contribution in [1.82, 2.24) is 10.6 Å². The molecular weight excluding hydrogens is 268 g/mol. The van der Waals surface area contributed by atoms with Gasteiger partial charge in [0.15, 0.2) is 0 Å². The molecule has 1 amide bonds. The smallest absolute Gasteiger partial charge is 0.233 e. The molecule has 4 heteroatoms. The van der Waals surface area contributed by atoms with Crippen molar-refractivity contribution < 1.29 is 4.79 Å². The van der Waals surface area contributed by atoms with Crippen LogP contribution in [0.4, 0.5) is 0 Å². The molecule has 110 valence electrons. The molecule has 0 radical (unpaired) electrons. The predicted molar refractivity (Wildman–Crippen MR) is 85.0 cm³/mol. The second-order valence-electron chi connectivity index (χ2n) is 5.41. The Morgan fingerprint density at radius 3 is 2.85 bits per heavy atom. The summed E-state index contributed by atoms with van der Waals surface area (Å²) in [5.41, 5.74) is 0. The maximum atomic E-state index is 12.4. The third kappa shape index (κ3) is 4.25. The molecule has 0 bridgehead atoms. The van der Waals surface area contributed by atoms with Crippen molar-refractivity contribution in [2.75, 3.05) is 13.1 Å². The van der Waals surface area contributed by atoms with Crippen molar-refractivity contribution in [3.05, 3.63) is 30.3 Å². The first kappa shape index (κ1) is 15.4. The van der Waals surface area contributed by atoms with Crippen LogP contribution in [-0.4, -0.2) is 30.3 Å². The van der Waals surface area contributed by atoms with Crippen LogP contribution in [0.5, 0.6) is 0 Å². The molecule has 2 N–H and O–H groups in total. The van der Waals surface area contributed by atoms with Gasteiger partial charge in [-0.15, -0.1) is 11.8 Å². The van der Waals surface area contributed by atoms with Crippen LogP contribution in [0.25, 0.3) is 0 Å². The number of piperidine rings is 1. The lowest BCUT2D eigenvalue weighted by Gasteiger charge is -2.31. The van der Waals surface area contributed by atoms with Gasteiger partial charge >= 0.3 is 0 Å². The van der Waals surface area contributed by atoms with E-state index in [0.717, 1.165) is 30.8 Å². The van der Waals surface area contributed by atoms with Gasteiger partial charge in [0.25, 0.3) is 0 Å². The molecule has 1 fully saturated rings. The monoisotopic (exact) mass is 292 g/mol. The highest BCUT2D eigenvalue weighted by molar-refractivity contribution is 8.00. The summed E-state index contributed by atoms with van der Waals surface area (Å²) in [7, 11) is 0. The van der Waals surface area contributed by atoms with Crippen molar-refractivity contribution >= 4 is 17.7 Å². The minimum absolute atomic E-state index is 0.00785. The van der Waals surface area contributed by atoms with E-state index in [4.69, 9.17) is 0 Å². The van der Waals surface area contributed by atoms with Gasteiger partial charge in [-0.3, -0.25) is 4.79 Å². The van der Waals surface area contributed by atoms with Crippen LogP contribution < -0.4 is 10.6 Å². The van der Waals surface area contributed by atoms with Gasteiger partial charge in [-0.1, -0.05) is 32.0 Å². The number of thioether (sulfide) groups is 1. The quantitative estimate of drug-likeness (QED) is 0.820. The van der Waals surface area contributed by atoms with E-state index in [1.807, 2.05) is 18.2 Å². The zero-order valence-electron chi connectivity index (χ0n) is 12.3. The van der Waals surface area contributed by atoms with Crippen molar-refractivity contribution in [2.45, 2.75) is 42.9 Å². The molecular formula is C16H24N2OS. The molecule has 0 spiro atoms. The molecule has 3 nitrogen and oxygen atoms in total. The van der Waals surface area contributed by atoms with E-state index in [1.54, 1.807) is 11.8 Å². The molecule has 3 atom stereocenters. The van der Waals surface area contributed by atoms with Gasteiger partial charge < -0.3 is 10.6 Å². The van der Waals surface area contributed by atoms with Crippen LogP contribution in [-0.2, 0) is 4.79 Å². The Morgan fingerprint density at radius 2 is 2.20 bits per heavy atom. The number of nitrogens with one attached hydrogen (secondary N) is 2. The summed E-state index contributed by atoms with van der Waals surface area (Å²) in [5, 5.41) is 6.57. The fraction of sp³-hybridized carbons (Fsp3) is 0.562. The van der Waals surface area contributed by atoms with Crippen LogP contribution in [0.2, 0.25) is 0 Å².